The van der Waals surface area contributed by atoms with Crippen molar-refractivity contribution >= 4 is 43.2 Å². The normalized spacial score (nSPS) is 25.5. The quantitative estimate of drug-likeness (QED) is 0.604. The van der Waals surface area contributed by atoms with Gasteiger partial charge in [-0.2, -0.15) is 0 Å². The first-order chi connectivity index (χ1) is 10.1. The van der Waals surface area contributed by atoms with Gasteiger partial charge in [0.1, 0.15) is 0 Å². The van der Waals surface area contributed by atoms with Gasteiger partial charge in [0.05, 0.1) is 0 Å². The molecular formula is C12H16N5O3Tl. The number of rotatable bonds is 4. The zero-order valence-electron chi connectivity index (χ0n) is 11.9. The van der Waals surface area contributed by atoms with E-state index in [2.05, 4.69) is 25.0 Å². The fraction of sp³-hybridized carbons (Fsp3) is 0.583. The number of methoxy groups -OCH3 is 1. The molecule has 0 saturated carbocycles. The predicted octanol–water partition coefficient (Wildman–Crippen LogP) is 0.185. The second kappa shape index (κ2) is 6.01. The van der Waals surface area contributed by atoms with Crippen LogP contribution in [0.2, 0.25) is 0 Å². The van der Waals surface area contributed by atoms with Crippen LogP contribution in [0.25, 0.3) is 11.2 Å². The minimum absolute atomic E-state index is 0.0621. The summed E-state index contributed by atoms with van der Waals surface area (Å²) in [5.41, 5.74) is 0.655. The zero-order chi connectivity index (χ0) is 15.0. The van der Waals surface area contributed by atoms with E-state index in [4.69, 9.17) is 9.47 Å². The van der Waals surface area contributed by atoms with Crippen LogP contribution in [0.3, 0.4) is 0 Å². The van der Waals surface area contributed by atoms with E-state index in [1.807, 2.05) is 4.57 Å². The van der Waals surface area contributed by atoms with Gasteiger partial charge in [-0.15, -0.1) is 0 Å². The molecule has 2 aromatic rings. The predicted molar refractivity (Wildman–Crippen MR) is 77.1 cm³/mol. The summed E-state index contributed by atoms with van der Waals surface area (Å²) in [5, 5.41) is 0. The molecule has 21 heavy (non-hydrogen) atoms. The van der Waals surface area contributed by atoms with Crippen LogP contribution in [-0.2, 0) is 9.47 Å². The number of hydrogen-bond acceptors (Lipinski definition) is 6. The molecule has 1 aliphatic rings. The third kappa shape index (κ3) is 2.71. The molecule has 3 unspecified atom stereocenters. The Kier molecular flexibility index (Phi) is 4.26. The van der Waals surface area contributed by atoms with Crippen LogP contribution in [0.15, 0.2) is 11.1 Å². The van der Waals surface area contributed by atoms with E-state index in [0.29, 0.717) is 55.7 Å². The maximum atomic E-state index is 12.0. The average molecular weight is 483 g/mol. The number of anilines is 1. The topological polar surface area (TPSA) is 94.1 Å². The number of aromatic amines is 1. The van der Waals surface area contributed by atoms with Crippen LogP contribution in [0.1, 0.15) is 19.6 Å². The molecule has 3 rings (SSSR count). The molecule has 110 valence electrons. The molecule has 3 atom stereocenters. The molecule has 0 radical (unpaired) electrons. The van der Waals surface area contributed by atoms with Crippen molar-refractivity contribution in [3.63, 3.8) is 0 Å². The Labute approximate surface area is 137 Å². The fourth-order valence-corrected chi connectivity index (χ4v) is 3.26. The van der Waals surface area contributed by atoms with E-state index < -0.39 is 0 Å². The summed E-state index contributed by atoms with van der Waals surface area (Å²) in [6.07, 6.45) is 2.43. The molecule has 0 spiro atoms. The van der Waals surface area contributed by atoms with Crippen molar-refractivity contribution in [2.24, 2.45) is 5.92 Å². The Hall–Kier alpha value is -1.01. The molecule has 0 aromatic carbocycles. The van der Waals surface area contributed by atoms with Crippen LogP contribution in [0.4, 0.5) is 5.95 Å². The molecule has 3 heterocycles. The molecule has 1 aliphatic heterocycles. The minimum atomic E-state index is -0.235. The second-order valence-electron chi connectivity index (χ2n) is 5.20. The van der Waals surface area contributed by atoms with E-state index in [1.54, 1.807) is 13.4 Å². The van der Waals surface area contributed by atoms with E-state index in [9.17, 15) is 4.79 Å². The van der Waals surface area contributed by atoms with Crippen LogP contribution in [-0.4, -0.2) is 65.4 Å². The monoisotopic (exact) mass is 483 g/mol. The molecular weight excluding hydrogens is 467 g/mol. The number of hydrogen-bond donors (Lipinski definition) is 2. The molecule has 1 saturated heterocycles. The van der Waals surface area contributed by atoms with Gasteiger partial charge in [0, 0.05) is 0 Å². The first kappa shape index (κ1) is 14.9. The van der Waals surface area contributed by atoms with Crippen molar-refractivity contribution in [3.05, 3.63) is 16.7 Å². The van der Waals surface area contributed by atoms with Gasteiger partial charge < -0.3 is 0 Å². The number of imidazole rings is 1. The molecule has 8 nitrogen and oxygen atoms in total. The van der Waals surface area contributed by atoms with Gasteiger partial charge in [-0.25, -0.2) is 0 Å². The molecule has 2 N–H and O–H groups in total. The van der Waals surface area contributed by atoms with Crippen molar-refractivity contribution in [2.45, 2.75) is 25.7 Å². The number of ether oxygens (including phenoxy) is 2. The SMILES string of the molecule is COCC1CC(C)C(n2cnc3c(=O)[nH]c([NH][Tl])nc32)O1. The van der Waals surface area contributed by atoms with Gasteiger partial charge >= 0.3 is 137 Å². The standard InChI is InChI=1S/C12H17N5O3.Tl/c1-6-3-7(4-19-2)20-11(6)17-5-14-8-9(17)15-12(13)16-10(8)18;/h5-7,11H,3-4H2,1-2H3,(H3,13,15,16,18);/q;+1/p-1. The summed E-state index contributed by atoms with van der Waals surface area (Å²) in [5.74, 6) is 0.788. The van der Waals surface area contributed by atoms with Crippen LogP contribution in [0, 0.1) is 5.92 Å². The van der Waals surface area contributed by atoms with Gasteiger partial charge in [0.15, 0.2) is 0 Å². The van der Waals surface area contributed by atoms with E-state index in [-0.39, 0.29) is 17.9 Å². The number of nitrogens with zero attached hydrogens (tertiary/aromatic N) is 3. The summed E-state index contributed by atoms with van der Waals surface area (Å²) in [4.78, 5) is 23.3. The molecule has 0 bridgehead atoms. The molecule has 1 fully saturated rings. The van der Waals surface area contributed by atoms with Crippen molar-refractivity contribution in [2.75, 3.05) is 16.8 Å². The summed E-state index contributed by atoms with van der Waals surface area (Å²) in [6, 6.07) is 0. The molecule has 9 heteroatoms. The third-order valence-corrected chi connectivity index (χ3v) is 4.71. The fourth-order valence-electron chi connectivity index (χ4n) is 2.73. The first-order valence-electron chi connectivity index (χ1n) is 6.72. The summed E-state index contributed by atoms with van der Waals surface area (Å²) < 4.78 is 16.0. The average Bonchev–Trinajstić information content (AvgIpc) is 3.02. The first-order valence-corrected chi connectivity index (χ1v) is 8.96. The van der Waals surface area contributed by atoms with Crippen molar-refractivity contribution in [3.8, 4) is 0 Å². The van der Waals surface area contributed by atoms with Crippen LogP contribution in [0.5, 0.6) is 0 Å². The third-order valence-electron chi connectivity index (χ3n) is 3.65. The zero-order valence-corrected chi connectivity index (χ0v) is 16.4. The van der Waals surface area contributed by atoms with Gasteiger partial charge in [0.2, 0.25) is 0 Å². The van der Waals surface area contributed by atoms with Gasteiger partial charge in [0.25, 0.3) is 0 Å². The Morgan fingerprint density at radius 3 is 3.19 bits per heavy atom. The van der Waals surface area contributed by atoms with Crippen LogP contribution < -0.4 is 8.69 Å². The van der Waals surface area contributed by atoms with Crippen molar-refractivity contribution < 1.29 is 9.47 Å². The summed E-state index contributed by atoms with van der Waals surface area (Å²) >= 11 is 0.500. The molecule has 0 amide bonds. The second-order valence-corrected chi connectivity index (χ2v) is 6.32. The molecule has 2 aromatic heterocycles. The van der Waals surface area contributed by atoms with E-state index >= 15 is 0 Å². The van der Waals surface area contributed by atoms with Crippen LogP contribution >= 0.6 is 0 Å². The Morgan fingerprint density at radius 1 is 1.67 bits per heavy atom. The van der Waals surface area contributed by atoms with Gasteiger partial charge in [-0.1, -0.05) is 0 Å². The Bertz CT molecular complexity index is 700. The number of fused-ring (bicyclic) bond motifs is 1. The summed E-state index contributed by atoms with van der Waals surface area (Å²) in [6.45, 7) is 2.68. The van der Waals surface area contributed by atoms with Crippen molar-refractivity contribution in [1.29, 1.82) is 0 Å². The van der Waals surface area contributed by atoms with Gasteiger partial charge in [-0.05, 0) is 0 Å². The van der Waals surface area contributed by atoms with Crippen molar-refractivity contribution in [1.82, 2.24) is 19.5 Å². The van der Waals surface area contributed by atoms with E-state index in [0.717, 1.165) is 6.42 Å². The maximum absolute atomic E-state index is 12.0. The van der Waals surface area contributed by atoms with E-state index in [1.165, 1.54) is 0 Å². The number of nitrogens with one attached hydrogen (secondary N) is 2. The number of H-pyrrole nitrogens is 1. The summed E-state index contributed by atoms with van der Waals surface area (Å²) in [7, 11) is 1.67. The Balaban J connectivity index is 2.01. The van der Waals surface area contributed by atoms with Gasteiger partial charge in [-0.3, -0.25) is 0 Å². The Morgan fingerprint density at radius 2 is 2.48 bits per heavy atom. The molecule has 0 aliphatic carbocycles. The number of aromatic nitrogens is 4.